The van der Waals surface area contributed by atoms with Crippen molar-refractivity contribution in [1.82, 2.24) is 10.3 Å². The van der Waals surface area contributed by atoms with E-state index in [0.29, 0.717) is 16.0 Å². The van der Waals surface area contributed by atoms with Gasteiger partial charge in [0.2, 0.25) is 0 Å². The molecule has 1 N–H and O–H groups in total. The summed E-state index contributed by atoms with van der Waals surface area (Å²) < 4.78 is 0. The van der Waals surface area contributed by atoms with E-state index in [-0.39, 0.29) is 6.04 Å². The molecule has 0 aliphatic heterocycles. The second kappa shape index (κ2) is 7.59. The summed E-state index contributed by atoms with van der Waals surface area (Å²) in [7, 11) is 0. The van der Waals surface area contributed by atoms with Crippen LogP contribution in [0, 0.1) is 0 Å². The first-order valence-corrected chi connectivity index (χ1v) is 8.80. The predicted octanol–water partition coefficient (Wildman–Crippen LogP) is 5.66. The zero-order valence-corrected chi connectivity index (χ0v) is 14.8. The number of nitrogens with zero attached hydrogens (tertiary/aromatic N) is 1. The quantitative estimate of drug-likeness (QED) is 0.732. The molecule has 1 aromatic carbocycles. The molecule has 114 valence electrons. The molecule has 0 aliphatic carbocycles. The minimum Gasteiger partial charge on any atom is -0.304 e. The Morgan fingerprint density at radius 3 is 2.67 bits per heavy atom. The Morgan fingerprint density at radius 1 is 1.29 bits per heavy atom. The maximum atomic E-state index is 6.37. The van der Waals surface area contributed by atoms with Gasteiger partial charge in [-0.3, -0.25) is 0 Å². The lowest BCUT2D eigenvalue weighted by molar-refractivity contribution is 0.593. The fraction of sp³-hybridized carbons (Fsp3) is 0.438. The van der Waals surface area contributed by atoms with Crippen molar-refractivity contribution in [2.45, 2.75) is 39.2 Å². The highest BCUT2D eigenvalue weighted by Gasteiger charge is 2.20. The highest BCUT2D eigenvalue weighted by atomic mass is 35.5. The summed E-state index contributed by atoms with van der Waals surface area (Å²) in [6.07, 6.45) is 1.05. The largest absolute Gasteiger partial charge is 0.304 e. The molecule has 0 aliphatic rings. The van der Waals surface area contributed by atoms with Gasteiger partial charge in [-0.2, -0.15) is 0 Å². The van der Waals surface area contributed by atoms with E-state index in [1.807, 2.05) is 18.2 Å². The number of hydrogen-bond donors (Lipinski definition) is 1. The molecular formula is C16H20Cl2N2S. The van der Waals surface area contributed by atoms with E-state index in [4.69, 9.17) is 28.2 Å². The van der Waals surface area contributed by atoms with E-state index in [1.54, 1.807) is 11.3 Å². The molecule has 2 rings (SSSR count). The van der Waals surface area contributed by atoms with Gasteiger partial charge < -0.3 is 5.32 Å². The SMILES string of the molecule is CCCNC(c1nc(C(C)C)cs1)c1cc(Cl)ccc1Cl. The summed E-state index contributed by atoms with van der Waals surface area (Å²) >= 11 is 14.2. The van der Waals surface area contributed by atoms with Gasteiger partial charge in [-0.15, -0.1) is 11.3 Å². The van der Waals surface area contributed by atoms with Crippen LogP contribution in [-0.4, -0.2) is 11.5 Å². The second-order valence-electron chi connectivity index (χ2n) is 5.32. The fourth-order valence-electron chi connectivity index (χ4n) is 2.05. The van der Waals surface area contributed by atoms with Gasteiger partial charge in [-0.25, -0.2) is 4.98 Å². The van der Waals surface area contributed by atoms with Crippen LogP contribution in [0.3, 0.4) is 0 Å². The molecule has 1 aromatic heterocycles. The molecule has 0 saturated carbocycles. The first-order valence-electron chi connectivity index (χ1n) is 7.16. The monoisotopic (exact) mass is 342 g/mol. The molecule has 0 saturated heterocycles. The molecule has 2 aromatic rings. The van der Waals surface area contributed by atoms with Crippen molar-refractivity contribution in [1.29, 1.82) is 0 Å². The van der Waals surface area contributed by atoms with Gasteiger partial charge in [0.1, 0.15) is 5.01 Å². The Morgan fingerprint density at radius 2 is 2.05 bits per heavy atom. The van der Waals surface area contributed by atoms with Crippen LogP contribution in [0.4, 0.5) is 0 Å². The minimum absolute atomic E-state index is 0.00588. The van der Waals surface area contributed by atoms with Crippen LogP contribution < -0.4 is 5.32 Å². The van der Waals surface area contributed by atoms with Crippen molar-refractivity contribution in [3.05, 3.63) is 49.9 Å². The lowest BCUT2D eigenvalue weighted by atomic mass is 10.1. The first-order chi connectivity index (χ1) is 10.0. The highest BCUT2D eigenvalue weighted by Crippen LogP contribution is 2.33. The van der Waals surface area contributed by atoms with Crippen molar-refractivity contribution in [2.24, 2.45) is 0 Å². The third-order valence-electron chi connectivity index (χ3n) is 3.25. The molecule has 1 atom stereocenters. The second-order valence-corrected chi connectivity index (χ2v) is 7.05. The molecule has 0 bridgehead atoms. The van der Waals surface area contributed by atoms with Gasteiger partial charge in [0.25, 0.3) is 0 Å². The molecule has 1 heterocycles. The molecule has 5 heteroatoms. The molecule has 0 spiro atoms. The Balaban J connectivity index is 2.39. The highest BCUT2D eigenvalue weighted by molar-refractivity contribution is 7.09. The standard InChI is InChI=1S/C16H20Cl2N2S/c1-4-7-19-15(12-8-11(17)5-6-13(12)18)16-20-14(9-21-16)10(2)3/h5-6,8-10,15,19H,4,7H2,1-3H3. The van der Waals surface area contributed by atoms with Gasteiger partial charge in [-0.1, -0.05) is 44.0 Å². The van der Waals surface area contributed by atoms with Crippen LogP contribution in [0.15, 0.2) is 23.6 Å². The number of halogens is 2. The maximum Gasteiger partial charge on any atom is 0.114 e. The number of aromatic nitrogens is 1. The van der Waals surface area contributed by atoms with Gasteiger partial charge in [-0.05, 0) is 42.6 Å². The molecule has 21 heavy (non-hydrogen) atoms. The number of thiazole rings is 1. The summed E-state index contributed by atoms with van der Waals surface area (Å²) in [4.78, 5) is 4.76. The summed E-state index contributed by atoms with van der Waals surface area (Å²) in [5.74, 6) is 0.427. The Labute approximate surface area is 140 Å². The molecule has 0 fully saturated rings. The van der Waals surface area contributed by atoms with Crippen LogP contribution in [0.25, 0.3) is 0 Å². The average Bonchev–Trinajstić information content (AvgIpc) is 2.93. The Kier molecular flexibility index (Phi) is 6.06. The van der Waals surface area contributed by atoms with Crippen molar-refractivity contribution in [3.8, 4) is 0 Å². The number of benzene rings is 1. The van der Waals surface area contributed by atoms with Crippen LogP contribution in [-0.2, 0) is 0 Å². The zero-order valence-electron chi connectivity index (χ0n) is 12.5. The molecule has 0 amide bonds. The topological polar surface area (TPSA) is 24.9 Å². The van der Waals surface area contributed by atoms with Crippen LogP contribution >= 0.6 is 34.5 Å². The first kappa shape index (κ1) is 16.8. The van der Waals surface area contributed by atoms with Crippen LogP contribution in [0.5, 0.6) is 0 Å². The fourth-order valence-corrected chi connectivity index (χ4v) is 3.53. The lowest BCUT2D eigenvalue weighted by Crippen LogP contribution is -2.23. The van der Waals surface area contributed by atoms with Crippen molar-refractivity contribution in [3.63, 3.8) is 0 Å². The van der Waals surface area contributed by atoms with Crippen LogP contribution in [0.1, 0.15) is 55.4 Å². The van der Waals surface area contributed by atoms with E-state index in [2.05, 4.69) is 31.5 Å². The smallest absolute Gasteiger partial charge is 0.114 e. The summed E-state index contributed by atoms with van der Waals surface area (Å²) in [6, 6.07) is 5.57. The third kappa shape index (κ3) is 4.19. The van der Waals surface area contributed by atoms with E-state index in [9.17, 15) is 0 Å². The van der Waals surface area contributed by atoms with Gasteiger partial charge in [0.15, 0.2) is 0 Å². The molecule has 1 unspecified atom stereocenters. The number of hydrogen-bond acceptors (Lipinski definition) is 3. The van der Waals surface area contributed by atoms with E-state index >= 15 is 0 Å². The zero-order chi connectivity index (χ0) is 15.4. The van der Waals surface area contributed by atoms with Gasteiger partial charge >= 0.3 is 0 Å². The molecule has 0 radical (unpaired) electrons. The van der Waals surface area contributed by atoms with Gasteiger partial charge in [0, 0.05) is 15.4 Å². The minimum atomic E-state index is -0.00588. The van der Waals surface area contributed by atoms with Gasteiger partial charge in [0.05, 0.1) is 11.7 Å². The van der Waals surface area contributed by atoms with E-state index < -0.39 is 0 Å². The number of rotatable bonds is 6. The van der Waals surface area contributed by atoms with E-state index in [1.165, 1.54) is 0 Å². The van der Waals surface area contributed by atoms with Crippen molar-refractivity contribution >= 4 is 34.5 Å². The molecule has 2 nitrogen and oxygen atoms in total. The predicted molar refractivity (Wildman–Crippen MR) is 92.8 cm³/mol. The van der Waals surface area contributed by atoms with Crippen molar-refractivity contribution < 1.29 is 0 Å². The third-order valence-corrected chi connectivity index (χ3v) is 4.75. The average molecular weight is 343 g/mol. The Bertz CT molecular complexity index is 596. The number of nitrogens with one attached hydrogen (secondary N) is 1. The normalized spacial score (nSPS) is 12.9. The van der Waals surface area contributed by atoms with Crippen LogP contribution in [0.2, 0.25) is 10.0 Å². The lowest BCUT2D eigenvalue weighted by Gasteiger charge is -2.18. The molecular weight excluding hydrogens is 323 g/mol. The summed E-state index contributed by atoms with van der Waals surface area (Å²) in [5, 5.41) is 8.10. The Hall–Kier alpha value is -0.610. The summed E-state index contributed by atoms with van der Waals surface area (Å²) in [6.45, 7) is 7.36. The van der Waals surface area contributed by atoms with Crippen molar-refractivity contribution in [2.75, 3.05) is 6.54 Å². The maximum absolute atomic E-state index is 6.37. The summed E-state index contributed by atoms with van der Waals surface area (Å²) in [5.41, 5.74) is 2.11. The van der Waals surface area contributed by atoms with E-state index in [0.717, 1.165) is 29.2 Å².